The second-order valence-corrected chi connectivity index (χ2v) is 5.99. The van der Waals surface area contributed by atoms with Crippen LogP contribution in [0.2, 0.25) is 5.02 Å². The fraction of sp³-hybridized carbons (Fsp3) is 0.0556. The van der Waals surface area contributed by atoms with Gasteiger partial charge in [-0.2, -0.15) is 5.21 Å². The van der Waals surface area contributed by atoms with Crippen LogP contribution in [0.1, 0.15) is 22.5 Å². The zero-order chi connectivity index (χ0) is 16.5. The van der Waals surface area contributed by atoms with Gasteiger partial charge < -0.3 is 5.11 Å². The summed E-state index contributed by atoms with van der Waals surface area (Å²) < 4.78 is 0. The Morgan fingerprint density at radius 3 is 2.67 bits per heavy atom. The van der Waals surface area contributed by atoms with Gasteiger partial charge in [0, 0.05) is 11.4 Å². The van der Waals surface area contributed by atoms with Crippen molar-refractivity contribution >= 4 is 28.8 Å². The molecule has 0 atom stereocenters. The van der Waals surface area contributed by atoms with E-state index in [4.69, 9.17) is 11.6 Å². The molecule has 0 saturated carbocycles. The first-order valence-corrected chi connectivity index (χ1v) is 7.81. The molecule has 1 aliphatic carbocycles. The summed E-state index contributed by atoms with van der Waals surface area (Å²) in [5.41, 5.74) is 5.24. The van der Waals surface area contributed by atoms with Gasteiger partial charge in [0.2, 0.25) is 0 Å². The molecule has 2 N–H and O–H groups in total. The van der Waals surface area contributed by atoms with Gasteiger partial charge >= 0.3 is 0 Å². The molecule has 0 spiro atoms. The number of nitrogens with zero attached hydrogens (tertiary/aromatic N) is 3. The molecule has 0 saturated heterocycles. The SMILES string of the molecule is Oc1ccc2c(c1)C(Cc1nn[nH]n1)=CC2=Cc1ccc(Cl)cc1. The van der Waals surface area contributed by atoms with Gasteiger partial charge in [-0.25, -0.2) is 0 Å². The molecule has 0 bridgehead atoms. The van der Waals surface area contributed by atoms with Crippen LogP contribution in [0.5, 0.6) is 5.75 Å². The van der Waals surface area contributed by atoms with Crippen molar-refractivity contribution < 1.29 is 5.11 Å². The van der Waals surface area contributed by atoms with Crippen LogP contribution in [0.15, 0.2) is 48.5 Å². The van der Waals surface area contributed by atoms with E-state index in [0.29, 0.717) is 17.3 Å². The van der Waals surface area contributed by atoms with E-state index in [0.717, 1.165) is 27.8 Å². The van der Waals surface area contributed by atoms with Gasteiger partial charge in [-0.3, -0.25) is 0 Å². The van der Waals surface area contributed by atoms with E-state index >= 15 is 0 Å². The molecule has 0 aliphatic heterocycles. The average molecular weight is 337 g/mol. The number of nitrogens with one attached hydrogen (secondary N) is 1. The number of hydrogen-bond donors (Lipinski definition) is 2. The molecule has 118 valence electrons. The van der Waals surface area contributed by atoms with E-state index in [2.05, 4.69) is 32.8 Å². The molecule has 0 fully saturated rings. The Morgan fingerprint density at radius 2 is 1.92 bits per heavy atom. The summed E-state index contributed by atoms with van der Waals surface area (Å²) in [6.45, 7) is 0. The van der Waals surface area contributed by atoms with Crippen molar-refractivity contribution in [2.45, 2.75) is 6.42 Å². The predicted octanol–water partition coefficient (Wildman–Crippen LogP) is 3.74. The fourth-order valence-corrected chi connectivity index (χ4v) is 2.95. The molecular formula is C18H13ClN4O. The Hall–Kier alpha value is -2.92. The number of phenols is 1. The topological polar surface area (TPSA) is 74.7 Å². The molecule has 2 aromatic carbocycles. The molecule has 6 heteroatoms. The van der Waals surface area contributed by atoms with Crippen LogP contribution < -0.4 is 0 Å². The summed E-state index contributed by atoms with van der Waals surface area (Å²) >= 11 is 5.95. The van der Waals surface area contributed by atoms with Gasteiger partial charge in [0.05, 0.1) is 0 Å². The Kier molecular flexibility index (Phi) is 3.63. The number of phenolic OH excluding ortho intramolecular Hbond substituents is 1. The van der Waals surface area contributed by atoms with Crippen LogP contribution in [0.3, 0.4) is 0 Å². The number of benzene rings is 2. The van der Waals surface area contributed by atoms with Crippen molar-refractivity contribution in [1.82, 2.24) is 20.6 Å². The highest BCUT2D eigenvalue weighted by Gasteiger charge is 2.20. The highest BCUT2D eigenvalue weighted by Crippen LogP contribution is 2.39. The quantitative estimate of drug-likeness (QED) is 0.764. The molecule has 5 nitrogen and oxygen atoms in total. The number of allylic oxidation sites excluding steroid dienone is 3. The second-order valence-electron chi connectivity index (χ2n) is 5.56. The predicted molar refractivity (Wildman–Crippen MR) is 93.3 cm³/mol. The number of tetrazole rings is 1. The zero-order valence-electron chi connectivity index (χ0n) is 12.6. The maximum Gasteiger partial charge on any atom is 0.178 e. The van der Waals surface area contributed by atoms with Crippen LogP contribution in [-0.4, -0.2) is 25.7 Å². The number of aromatic amines is 1. The number of halogens is 1. The van der Waals surface area contributed by atoms with Crippen molar-refractivity contribution in [3.8, 4) is 5.75 Å². The minimum Gasteiger partial charge on any atom is -0.508 e. The molecular weight excluding hydrogens is 324 g/mol. The number of fused-ring (bicyclic) bond motifs is 1. The van der Waals surface area contributed by atoms with Crippen LogP contribution >= 0.6 is 11.6 Å². The first kappa shape index (κ1) is 14.7. The zero-order valence-corrected chi connectivity index (χ0v) is 13.3. The Labute approximate surface area is 143 Å². The third-order valence-electron chi connectivity index (χ3n) is 3.92. The highest BCUT2D eigenvalue weighted by atomic mass is 35.5. The molecule has 0 amide bonds. The van der Waals surface area contributed by atoms with Crippen molar-refractivity contribution in [1.29, 1.82) is 0 Å². The highest BCUT2D eigenvalue weighted by molar-refractivity contribution is 6.30. The maximum absolute atomic E-state index is 9.84. The summed E-state index contributed by atoms with van der Waals surface area (Å²) in [6.07, 6.45) is 4.73. The van der Waals surface area contributed by atoms with Gasteiger partial charge in [-0.15, -0.1) is 10.2 Å². The van der Waals surface area contributed by atoms with Gasteiger partial charge in [-0.1, -0.05) is 41.1 Å². The number of aromatic nitrogens is 4. The van der Waals surface area contributed by atoms with E-state index in [-0.39, 0.29) is 5.75 Å². The van der Waals surface area contributed by atoms with Crippen LogP contribution in [-0.2, 0) is 6.42 Å². The van der Waals surface area contributed by atoms with Crippen LogP contribution in [0.4, 0.5) is 0 Å². The van der Waals surface area contributed by atoms with E-state index in [1.807, 2.05) is 30.3 Å². The van der Waals surface area contributed by atoms with E-state index in [1.54, 1.807) is 12.1 Å². The summed E-state index contributed by atoms with van der Waals surface area (Å²) in [7, 11) is 0. The number of rotatable bonds is 3. The minimum atomic E-state index is 0.237. The van der Waals surface area contributed by atoms with Gasteiger partial charge in [0.25, 0.3) is 0 Å². The minimum absolute atomic E-state index is 0.237. The van der Waals surface area contributed by atoms with Crippen LogP contribution in [0, 0.1) is 0 Å². The lowest BCUT2D eigenvalue weighted by Crippen LogP contribution is -1.92. The molecule has 0 radical (unpaired) electrons. The monoisotopic (exact) mass is 336 g/mol. The smallest absolute Gasteiger partial charge is 0.178 e. The third-order valence-corrected chi connectivity index (χ3v) is 4.17. The largest absolute Gasteiger partial charge is 0.508 e. The van der Waals surface area contributed by atoms with E-state index < -0.39 is 0 Å². The van der Waals surface area contributed by atoms with Crippen molar-refractivity contribution in [3.63, 3.8) is 0 Å². The molecule has 3 aromatic rings. The second kappa shape index (κ2) is 5.94. The van der Waals surface area contributed by atoms with Gasteiger partial charge in [-0.05, 0) is 58.2 Å². The lowest BCUT2D eigenvalue weighted by molar-refractivity contribution is 0.475. The van der Waals surface area contributed by atoms with Crippen molar-refractivity contribution in [2.75, 3.05) is 0 Å². The lowest BCUT2D eigenvalue weighted by Gasteiger charge is -2.05. The third kappa shape index (κ3) is 2.81. The molecule has 4 rings (SSSR count). The van der Waals surface area contributed by atoms with E-state index in [1.165, 1.54) is 0 Å². The van der Waals surface area contributed by atoms with Gasteiger partial charge in [0.1, 0.15) is 5.75 Å². The molecule has 24 heavy (non-hydrogen) atoms. The Bertz CT molecular complexity index is 944. The summed E-state index contributed by atoms with van der Waals surface area (Å²) in [6, 6.07) is 13.1. The van der Waals surface area contributed by atoms with Crippen molar-refractivity contribution in [2.24, 2.45) is 0 Å². The molecule has 1 heterocycles. The lowest BCUT2D eigenvalue weighted by atomic mass is 10.0. The van der Waals surface area contributed by atoms with E-state index in [9.17, 15) is 5.11 Å². The number of hydrogen-bond acceptors (Lipinski definition) is 4. The normalized spacial score (nSPS) is 14.7. The summed E-state index contributed by atoms with van der Waals surface area (Å²) in [4.78, 5) is 0. The fourth-order valence-electron chi connectivity index (χ4n) is 2.82. The number of H-pyrrole nitrogens is 1. The Morgan fingerprint density at radius 1 is 1.08 bits per heavy atom. The summed E-state index contributed by atoms with van der Waals surface area (Å²) in [5, 5.41) is 24.6. The first-order chi connectivity index (χ1) is 11.7. The van der Waals surface area contributed by atoms with Crippen molar-refractivity contribution in [3.05, 3.63) is 76.1 Å². The first-order valence-electron chi connectivity index (χ1n) is 7.43. The molecule has 1 aliphatic rings. The maximum atomic E-state index is 9.84. The average Bonchev–Trinajstić information content (AvgIpc) is 3.19. The molecule has 0 unspecified atom stereocenters. The van der Waals surface area contributed by atoms with Crippen LogP contribution in [0.25, 0.3) is 17.2 Å². The standard InChI is InChI=1S/C18H13ClN4O/c19-14-3-1-11(2-4-14)7-12-8-13(9-18-20-22-23-21-18)17-10-15(24)5-6-16(12)17/h1-8,10,24H,9H2,(H,20,21,22,23). The number of aromatic hydroxyl groups is 1. The van der Waals surface area contributed by atoms with Gasteiger partial charge in [0.15, 0.2) is 5.82 Å². The molecule has 1 aromatic heterocycles. The Balaban J connectivity index is 1.77. The summed E-state index contributed by atoms with van der Waals surface area (Å²) in [5.74, 6) is 0.851.